The normalized spacial score (nSPS) is 11.3. The molecule has 2 N–H and O–H groups in total. The zero-order valence-electron chi connectivity index (χ0n) is 7.56. The average Bonchev–Trinajstić information content (AvgIpc) is 2.15. The van der Waals surface area contributed by atoms with Crippen molar-refractivity contribution in [2.24, 2.45) is 0 Å². The number of aliphatic hydroxyl groups is 1. The summed E-state index contributed by atoms with van der Waals surface area (Å²) in [5.74, 6) is 3.86. The summed E-state index contributed by atoms with van der Waals surface area (Å²) in [7, 11) is 0. The molecule has 0 fully saturated rings. The lowest BCUT2D eigenvalue weighted by atomic mass is 10.2. The molecule has 0 aliphatic carbocycles. The number of carboxylic acids is 1. The Kier molecular flexibility index (Phi) is 3.21. The van der Waals surface area contributed by atoms with Gasteiger partial charge in [-0.05, 0) is 25.0 Å². The maximum absolute atomic E-state index is 10.7. The number of carboxylic acid groups (broad SMARTS) is 1. The first kappa shape index (κ1) is 10.2. The molecule has 0 saturated heterocycles. The zero-order valence-corrected chi connectivity index (χ0v) is 7.56. The Morgan fingerprint density at radius 1 is 1.64 bits per heavy atom. The molecule has 0 spiro atoms. The number of rotatable bonds is 1. The van der Waals surface area contributed by atoms with E-state index in [1.54, 1.807) is 0 Å². The smallest absolute Gasteiger partial charge is 0.338 e. The van der Waals surface area contributed by atoms with Crippen molar-refractivity contribution in [1.82, 2.24) is 4.98 Å². The molecule has 1 unspecified atom stereocenters. The van der Waals surface area contributed by atoms with Crippen molar-refractivity contribution in [2.75, 3.05) is 0 Å². The maximum atomic E-state index is 10.7. The van der Waals surface area contributed by atoms with Crippen LogP contribution in [0, 0.1) is 11.8 Å². The number of carbonyl (C=O) groups is 1. The molecule has 4 heteroatoms. The van der Waals surface area contributed by atoms with Gasteiger partial charge >= 0.3 is 5.97 Å². The molecule has 0 amide bonds. The Hall–Kier alpha value is -1.86. The molecule has 1 rings (SSSR count). The summed E-state index contributed by atoms with van der Waals surface area (Å²) >= 11 is 0. The summed E-state index contributed by atoms with van der Waals surface area (Å²) in [6, 6.07) is 2.94. The molecule has 0 aliphatic heterocycles. The first-order valence-corrected chi connectivity index (χ1v) is 3.99. The van der Waals surface area contributed by atoms with Crippen LogP contribution >= 0.6 is 0 Å². The van der Waals surface area contributed by atoms with E-state index in [2.05, 4.69) is 16.8 Å². The number of aromatic carboxylic acids is 1. The van der Waals surface area contributed by atoms with E-state index in [1.165, 1.54) is 25.3 Å². The number of aliphatic hydroxyl groups excluding tert-OH is 1. The van der Waals surface area contributed by atoms with Gasteiger partial charge < -0.3 is 10.2 Å². The molecule has 0 bridgehead atoms. The molecule has 0 aromatic carbocycles. The highest BCUT2D eigenvalue weighted by Gasteiger charge is 2.07. The molecular weight excluding hydrogens is 182 g/mol. The van der Waals surface area contributed by atoms with E-state index >= 15 is 0 Å². The Bertz CT molecular complexity index is 401. The van der Waals surface area contributed by atoms with Gasteiger partial charge in [-0.1, -0.05) is 5.92 Å². The highest BCUT2D eigenvalue weighted by Crippen LogP contribution is 2.03. The van der Waals surface area contributed by atoms with E-state index in [4.69, 9.17) is 10.2 Å². The number of hydrogen-bond donors (Lipinski definition) is 2. The van der Waals surface area contributed by atoms with Gasteiger partial charge in [0.2, 0.25) is 0 Å². The van der Waals surface area contributed by atoms with Crippen molar-refractivity contribution < 1.29 is 15.0 Å². The first-order chi connectivity index (χ1) is 6.61. The van der Waals surface area contributed by atoms with Crippen LogP contribution in [0.5, 0.6) is 0 Å². The highest BCUT2D eigenvalue weighted by molar-refractivity contribution is 5.89. The molecule has 14 heavy (non-hydrogen) atoms. The van der Waals surface area contributed by atoms with Crippen LogP contribution in [0.25, 0.3) is 0 Å². The predicted molar refractivity (Wildman–Crippen MR) is 49.8 cm³/mol. The molecule has 72 valence electrons. The molecule has 1 aromatic rings. The fourth-order valence-electron chi connectivity index (χ4n) is 0.850. The lowest BCUT2D eigenvalue weighted by Crippen LogP contribution is -2.02. The van der Waals surface area contributed by atoms with Gasteiger partial charge in [0.15, 0.2) is 0 Å². The third kappa shape index (κ3) is 2.57. The quantitative estimate of drug-likeness (QED) is 0.634. The van der Waals surface area contributed by atoms with Gasteiger partial charge in [-0.15, -0.1) is 0 Å². The zero-order chi connectivity index (χ0) is 10.6. The first-order valence-electron chi connectivity index (χ1n) is 3.99. The molecule has 0 saturated carbocycles. The molecule has 1 atom stereocenters. The number of aromatic nitrogens is 1. The Labute approximate surface area is 81.2 Å². The lowest BCUT2D eigenvalue weighted by molar-refractivity contribution is 0.0696. The predicted octanol–water partition coefficient (Wildman–Crippen LogP) is 0.512. The van der Waals surface area contributed by atoms with Crippen LogP contribution in [0.1, 0.15) is 23.0 Å². The summed E-state index contributed by atoms with van der Waals surface area (Å²) in [5, 5.41) is 17.7. The monoisotopic (exact) mass is 191 g/mol. The van der Waals surface area contributed by atoms with Crippen LogP contribution in [-0.4, -0.2) is 27.3 Å². The van der Waals surface area contributed by atoms with Gasteiger partial charge in [0.1, 0.15) is 11.8 Å². The fraction of sp³-hybridized carbons (Fsp3) is 0.200. The van der Waals surface area contributed by atoms with Gasteiger partial charge in [-0.3, -0.25) is 0 Å². The van der Waals surface area contributed by atoms with Crippen molar-refractivity contribution in [1.29, 1.82) is 0 Å². The molecular formula is C10H9NO3. The van der Waals surface area contributed by atoms with Crippen molar-refractivity contribution in [3.63, 3.8) is 0 Å². The van der Waals surface area contributed by atoms with E-state index in [1.807, 2.05) is 0 Å². The largest absolute Gasteiger partial charge is 0.478 e. The van der Waals surface area contributed by atoms with E-state index in [0.717, 1.165) is 0 Å². The number of pyridine rings is 1. The van der Waals surface area contributed by atoms with Gasteiger partial charge in [0.05, 0.1) is 5.56 Å². The van der Waals surface area contributed by atoms with E-state index in [0.29, 0.717) is 0 Å². The average molecular weight is 191 g/mol. The molecule has 1 aromatic heterocycles. The van der Waals surface area contributed by atoms with Gasteiger partial charge in [-0.25, -0.2) is 9.78 Å². The molecule has 0 aliphatic rings. The summed E-state index contributed by atoms with van der Waals surface area (Å²) in [4.78, 5) is 14.5. The van der Waals surface area contributed by atoms with Crippen LogP contribution in [0.3, 0.4) is 0 Å². The Morgan fingerprint density at radius 2 is 2.36 bits per heavy atom. The molecule has 1 heterocycles. The topological polar surface area (TPSA) is 70.4 Å². The number of nitrogens with zero attached hydrogens (tertiary/aromatic N) is 1. The van der Waals surface area contributed by atoms with Crippen LogP contribution in [0.15, 0.2) is 18.3 Å². The fourth-order valence-corrected chi connectivity index (χ4v) is 0.850. The lowest BCUT2D eigenvalue weighted by Gasteiger charge is -1.96. The second kappa shape index (κ2) is 4.40. The number of hydrogen-bond acceptors (Lipinski definition) is 3. The third-order valence-corrected chi connectivity index (χ3v) is 1.44. The van der Waals surface area contributed by atoms with E-state index < -0.39 is 12.1 Å². The molecule has 4 nitrogen and oxygen atoms in total. The third-order valence-electron chi connectivity index (χ3n) is 1.44. The van der Waals surface area contributed by atoms with E-state index in [-0.39, 0.29) is 11.3 Å². The SMILES string of the molecule is CC(O)C#Cc1ncccc1C(=O)O. The standard InChI is InChI=1S/C10H9NO3/c1-7(12)4-5-9-8(10(13)14)3-2-6-11-9/h2-3,6-7,12H,1H3,(H,13,14). The maximum Gasteiger partial charge on any atom is 0.338 e. The van der Waals surface area contributed by atoms with Crippen LogP contribution < -0.4 is 0 Å². The minimum Gasteiger partial charge on any atom is -0.478 e. The van der Waals surface area contributed by atoms with Crippen molar-refractivity contribution in [3.05, 3.63) is 29.6 Å². The summed E-state index contributed by atoms with van der Waals surface area (Å²) in [6.45, 7) is 1.50. The summed E-state index contributed by atoms with van der Waals surface area (Å²) in [6.07, 6.45) is 0.664. The van der Waals surface area contributed by atoms with Crippen molar-refractivity contribution in [2.45, 2.75) is 13.0 Å². The Morgan fingerprint density at radius 3 is 2.93 bits per heavy atom. The van der Waals surface area contributed by atoms with Crippen LogP contribution in [0.2, 0.25) is 0 Å². The minimum absolute atomic E-state index is 0.0423. The van der Waals surface area contributed by atoms with Crippen LogP contribution in [0.4, 0.5) is 0 Å². The van der Waals surface area contributed by atoms with Crippen molar-refractivity contribution >= 4 is 5.97 Å². The minimum atomic E-state index is -1.08. The highest BCUT2D eigenvalue weighted by atomic mass is 16.4. The van der Waals surface area contributed by atoms with Gasteiger partial charge in [0, 0.05) is 6.20 Å². The second-order valence-electron chi connectivity index (χ2n) is 2.65. The Balaban J connectivity index is 3.10. The van der Waals surface area contributed by atoms with E-state index in [9.17, 15) is 4.79 Å². The summed E-state index contributed by atoms with van der Waals surface area (Å²) < 4.78 is 0. The van der Waals surface area contributed by atoms with Gasteiger partial charge in [-0.2, -0.15) is 0 Å². The van der Waals surface area contributed by atoms with Gasteiger partial charge in [0.25, 0.3) is 0 Å². The van der Waals surface area contributed by atoms with Crippen LogP contribution in [-0.2, 0) is 0 Å². The summed E-state index contributed by atoms with van der Waals surface area (Å²) in [5.41, 5.74) is 0.210. The van der Waals surface area contributed by atoms with Crippen molar-refractivity contribution in [3.8, 4) is 11.8 Å². The second-order valence-corrected chi connectivity index (χ2v) is 2.65. The molecule has 0 radical (unpaired) electrons.